The van der Waals surface area contributed by atoms with Gasteiger partial charge in [-0.3, -0.25) is 14.5 Å². The summed E-state index contributed by atoms with van der Waals surface area (Å²) in [6.07, 6.45) is 11.7. The number of carbonyl (C=O) groups excluding carboxylic acids is 2. The van der Waals surface area contributed by atoms with E-state index < -0.39 is 11.1 Å². The Kier molecular flexibility index (Phi) is 12.6. The molecular weight excluding hydrogens is 927 g/mol. The van der Waals surface area contributed by atoms with E-state index in [1.807, 2.05) is 54.6 Å². The fourth-order valence-electron chi connectivity index (χ4n) is 8.58. The molecule has 1 saturated heterocycles. The Hall–Kier alpha value is -1.42. The maximum Gasteiger partial charge on any atom is 0.261 e. The Labute approximate surface area is 343 Å². The molecule has 6 aliphatic rings. The number of amides is 2. The van der Waals surface area contributed by atoms with Crippen LogP contribution < -0.4 is 20.1 Å². The zero-order valence-electron chi connectivity index (χ0n) is 29.2. The van der Waals surface area contributed by atoms with Crippen LogP contribution in [0.1, 0.15) is 96.6 Å². The van der Waals surface area contributed by atoms with Gasteiger partial charge in [-0.2, -0.15) is 0 Å². The first-order chi connectivity index (χ1) is 23.8. The summed E-state index contributed by atoms with van der Waals surface area (Å²) in [5, 5.41) is 7.23. The molecule has 2 amide bonds. The molecule has 2 aromatic rings. The van der Waals surface area contributed by atoms with E-state index in [9.17, 15) is 9.59 Å². The molecule has 13 heteroatoms. The van der Waals surface area contributed by atoms with Crippen molar-refractivity contribution >= 4 is 101 Å². The van der Waals surface area contributed by atoms with Gasteiger partial charge < -0.3 is 20.1 Å². The van der Waals surface area contributed by atoms with Crippen molar-refractivity contribution in [2.45, 2.75) is 108 Å². The number of thioether (sulfide) groups is 1. The lowest BCUT2D eigenvalue weighted by Gasteiger charge is -2.48. The number of alkyl halides is 1. The van der Waals surface area contributed by atoms with Crippen molar-refractivity contribution < 1.29 is 19.1 Å². The number of benzene rings is 2. The number of aliphatic imine (C=N–C) groups is 1. The molecule has 278 valence electrons. The minimum absolute atomic E-state index is 0. The normalized spacial score (nSPS) is 33.0. The van der Waals surface area contributed by atoms with Crippen LogP contribution in [0.4, 0.5) is 0 Å². The van der Waals surface area contributed by atoms with E-state index in [1.54, 1.807) is 4.90 Å². The predicted octanol–water partition coefficient (Wildman–Crippen LogP) is 9.63. The number of amidine groups is 1. The van der Waals surface area contributed by atoms with Gasteiger partial charge in [-0.05, 0) is 123 Å². The molecular formula is C38H49Br2IN4O4S2. The van der Waals surface area contributed by atoms with Crippen LogP contribution in [-0.4, -0.2) is 56.4 Å². The molecule has 2 aromatic carbocycles. The lowest BCUT2D eigenvalue weighted by atomic mass is 9.69. The van der Waals surface area contributed by atoms with Gasteiger partial charge >= 0.3 is 0 Å². The van der Waals surface area contributed by atoms with Crippen molar-refractivity contribution in [1.29, 1.82) is 0 Å². The molecule has 0 aromatic heterocycles. The lowest BCUT2D eigenvalue weighted by Crippen LogP contribution is -2.56. The number of thiocarbonyl (C=S) groups is 1. The molecule has 8 rings (SSSR count). The molecule has 4 spiro atoms. The highest BCUT2D eigenvalue weighted by molar-refractivity contribution is 14.1. The lowest BCUT2D eigenvalue weighted by molar-refractivity contribution is -0.135. The van der Waals surface area contributed by atoms with Crippen LogP contribution in [0, 0.1) is 11.8 Å². The maximum absolute atomic E-state index is 13.3. The molecule has 4 heterocycles. The molecule has 2 atom stereocenters. The van der Waals surface area contributed by atoms with Gasteiger partial charge in [-0.15, -0.1) is 0 Å². The van der Waals surface area contributed by atoms with Crippen LogP contribution in [0.15, 0.2) is 50.3 Å². The number of fused-ring (bicyclic) bond motifs is 4. The van der Waals surface area contributed by atoms with Gasteiger partial charge in [0.25, 0.3) is 11.8 Å². The van der Waals surface area contributed by atoms with Gasteiger partial charge in [0.05, 0.1) is 0 Å². The molecule has 8 nitrogen and oxygen atoms in total. The average molecular weight is 977 g/mol. The second-order valence-electron chi connectivity index (χ2n) is 14.7. The number of likely N-dealkylation sites (N-methyl/N-ethyl adjacent to an activating group) is 1. The van der Waals surface area contributed by atoms with Crippen molar-refractivity contribution in [2.24, 2.45) is 16.8 Å². The van der Waals surface area contributed by atoms with Gasteiger partial charge in [0.1, 0.15) is 22.7 Å². The molecule has 0 bridgehead atoms. The second-order valence-corrected chi connectivity index (χ2v) is 17.7. The molecule has 2 unspecified atom stereocenters. The average Bonchev–Trinajstić information content (AvgIpc) is 3.52. The Bertz CT molecular complexity index is 1710. The quantitative estimate of drug-likeness (QED) is 0.155. The van der Waals surface area contributed by atoms with Crippen molar-refractivity contribution in [3.63, 3.8) is 0 Å². The van der Waals surface area contributed by atoms with Crippen LogP contribution in [0.5, 0.6) is 11.5 Å². The van der Waals surface area contributed by atoms with Crippen LogP contribution >= 0.6 is 78.4 Å². The second kappa shape index (κ2) is 15.7. The Balaban J connectivity index is 0.000000186. The Morgan fingerprint density at radius 2 is 1.37 bits per heavy atom. The highest BCUT2D eigenvalue weighted by atomic mass is 127. The molecule has 0 radical (unpaired) electrons. The molecule has 4 aliphatic heterocycles. The first kappa shape index (κ1) is 40.8. The van der Waals surface area contributed by atoms with Crippen molar-refractivity contribution in [2.75, 3.05) is 18.2 Å². The number of nitrogens with one attached hydrogen (secondary N) is 2. The summed E-state index contributed by atoms with van der Waals surface area (Å²) >= 11 is 16.0. The Morgan fingerprint density at radius 1 is 0.882 bits per heavy atom. The number of carbonyl (C=O) groups is 2. The van der Waals surface area contributed by atoms with Gasteiger partial charge in [-0.1, -0.05) is 87.5 Å². The van der Waals surface area contributed by atoms with Crippen molar-refractivity contribution in [3.8, 4) is 11.5 Å². The minimum Gasteiger partial charge on any atom is -0.487 e. The van der Waals surface area contributed by atoms with E-state index in [0.29, 0.717) is 18.0 Å². The van der Waals surface area contributed by atoms with E-state index in [-0.39, 0.29) is 30.4 Å². The summed E-state index contributed by atoms with van der Waals surface area (Å²) in [5.74, 6) is 3.06. The molecule has 3 fully saturated rings. The topological polar surface area (TPSA) is 92.3 Å². The third-order valence-corrected chi connectivity index (χ3v) is 13.3. The third-order valence-electron chi connectivity index (χ3n) is 11.3. The number of rotatable bonds is 0. The van der Waals surface area contributed by atoms with Gasteiger partial charge in [0, 0.05) is 40.0 Å². The summed E-state index contributed by atoms with van der Waals surface area (Å²) in [6, 6.07) is 11.9. The van der Waals surface area contributed by atoms with E-state index in [1.165, 1.54) is 11.8 Å². The number of hydrogen-bond acceptors (Lipinski definition) is 7. The van der Waals surface area contributed by atoms with Crippen LogP contribution in [-0.2, 0) is 20.7 Å². The fraction of sp³-hybridized carbons (Fsp3) is 0.579. The first-order valence-electron chi connectivity index (χ1n) is 17.2. The monoisotopic (exact) mass is 974 g/mol. The summed E-state index contributed by atoms with van der Waals surface area (Å²) in [6.45, 7) is 4.58. The summed E-state index contributed by atoms with van der Waals surface area (Å²) in [7, 11) is 1.83. The standard InChI is InChI=1S/C19H23BrN2O2S.C17H19BrN2O2S.CH3I.CH4/c1-12-6-8-18(9-7-12)11-19(16(23)22(2)17(21-19)25-3)14-10-13(20)4-5-15(14)24-18;1-10-4-6-16(7-5-10)9-17(14(21)19-15(23)20-17)12-8-11(18)2-3-13(12)22-16;1-2;/h4-5,10,12H,6-9,11H2,1-3H3;2-3,8,10H,4-7,9H2,1H3,(H2,19,20,21,23);1H3;1H4. The summed E-state index contributed by atoms with van der Waals surface area (Å²) < 4.78 is 14.9. The smallest absolute Gasteiger partial charge is 0.261 e. The molecule has 2 aliphatic carbocycles. The largest absolute Gasteiger partial charge is 0.487 e. The number of nitrogens with zero attached hydrogens (tertiary/aromatic N) is 2. The third kappa shape index (κ3) is 7.50. The molecule has 51 heavy (non-hydrogen) atoms. The maximum atomic E-state index is 13.3. The molecule has 2 saturated carbocycles. The fourth-order valence-corrected chi connectivity index (χ4v) is 10.2. The van der Waals surface area contributed by atoms with E-state index in [0.717, 1.165) is 99.9 Å². The van der Waals surface area contributed by atoms with E-state index >= 15 is 0 Å². The summed E-state index contributed by atoms with van der Waals surface area (Å²) in [4.78, 5) is 34.8. The van der Waals surface area contributed by atoms with Crippen LogP contribution in [0.25, 0.3) is 0 Å². The molecule has 2 N–H and O–H groups in total. The highest BCUT2D eigenvalue weighted by Gasteiger charge is 2.59. The minimum atomic E-state index is -0.842. The zero-order valence-corrected chi connectivity index (χ0v) is 36.1. The van der Waals surface area contributed by atoms with Gasteiger partial charge in [0.2, 0.25) is 0 Å². The summed E-state index contributed by atoms with van der Waals surface area (Å²) in [5.41, 5.74) is -0.445. The van der Waals surface area contributed by atoms with Gasteiger partial charge in [-0.25, -0.2) is 4.99 Å². The van der Waals surface area contributed by atoms with E-state index in [4.69, 9.17) is 26.7 Å². The predicted molar refractivity (Wildman–Crippen MR) is 227 cm³/mol. The number of hydrogen-bond donors (Lipinski definition) is 2. The van der Waals surface area contributed by atoms with Crippen molar-refractivity contribution in [3.05, 3.63) is 56.5 Å². The highest BCUT2D eigenvalue weighted by Crippen LogP contribution is 2.55. The van der Waals surface area contributed by atoms with Crippen molar-refractivity contribution in [1.82, 2.24) is 15.5 Å². The van der Waals surface area contributed by atoms with Crippen LogP contribution in [0.3, 0.4) is 0 Å². The van der Waals surface area contributed by atoms with Crippen LogP contribution in [0.2, 0.25) is 0 Å². The van der Waals surface area contributed by atoms with E-state index in [2.05, 4.69) is 78.9 Å². The van der Waals surface area contributed by atoms with Gasteiger partial charge in [0.15, 0.2) is 21.4 Å². The first-order valence-corrected chi connectivity index (χ1v) is 22.6. The number of ether oxygens (including phenoxy) is 2. The SMILES string of the molecule is C.CC1CCC2(CC1)CC1(NC(=S)NC1=O)c1cc(Br)ccc1O2.CI.CSC1=NC2(CC3(CCC(C)CC3)Oc3ccc(Br)cc32)C(=O)N1C. The zero-order chi connectivity index (χ0) is 36.1. The Morgan fingerprint density at radius 3 is 1.84 bits per heavy atom. The number of halogens is 3.